The van der Waals surface area contributed by atoms with Gasteiger partial charge in [-0.05, 0) is 19.1 Å². The molecule has 1 aromatic heterocycles. The predicted molar refractivity (Wildman–Crippen MR) is 92.0 cm³/mol. The Morgan fingerprint density at radius 2 is 1.68 bits per heavy atom. The molecule has 2 heterocycles. The molecule has 7 heteroatoms. The summed E-state index contributed by atoms with van der Waals surface area (Å²) in [5, 5.41) is 1.02. The summed E-state index contributed by atoms with van der Waals surface area (Å²) in [5.41, 5.74) is 1.62. The van der Waals surface area contributed by atoms with E-state index in [1.165, 1.54) is 4.90 Å². The number of aryl methyl sites for hydroxylation is 1. The van der Waals surface area contributed by atoms with Gasteiger partial charge in [-0.2, -0.15) is 0 Å². The van der Waals surface area contributed by atoms with Crippen LogP contribution in [0.5, 0.6) is 0 Å². The van der Waals surface area contributed by atoms with Crippen molar-refractivity contribution in [3.05, 3.63) is 36.0 Å². The summed E-state index contributed by atoms with van der Waals surface area (Å²) in [7, 11) is 1.87. The molecule has 1 fully saturated rings. The van der Waals surface area contributed by atoms with Gasteiger partial charge in [-0.3, -0.25) is 9.59 Å². The number of hydrogen-bond acceptors (Lipinski definition) is 4. The van der Waals surface area contributed by atoms with Crippen LogP contribution >= 0.6 is 0 Å². The maximum atomic E-state index is 12.8. The minimum Gasteiger partial charge on any atom is -0.459 e. The standard InChI is InChI=1S/C18H21N3O4/c1-3-25-18(24)17(23)21-10-8-20(9-11-21)16(22)15-12-13-6-4-5-7-14(13)19(15)2/h4-7,12H,3,8-11H2,1-2H3. The molecule has 0 N–H and O–H groups in total. The molecule has 2 amide bonds. The van der Waals surface area contributed by atoms with E-state index in [-0.39, 0.29) is 12.5 Å². The summed E-state index contributed by atoms with van der Waals surface area (Å²) in [6, 6.07) is 9.71. The summed E-state index contributed by atoms with van der Waals surface area (Å²) in [4.78, 5) is 39.4. The molecule has 1 aliphatic rings. The second kappa shape index (κ2) is 6.96. The van der Waals surface area contributed by atoms with Crippen molar-refractivity contribution in [2.75, 3.05) is 32.8 Å². The zero-order valence-corrected chi connectivity index (χ0v) is 14.4. The van der Waals surface area contributed by atoms with Crippen molar-refractivity contribution < 1.29 is 19.1 Å². The number of nitrogens with zero attached hydrogens (tertiary/aromatic N) is 3. The van der Waals surface area contributed by atoms with Gasteiger partial charge in [0.2, 0.25) is 0 Å². The number of piperazine rings is 1. The predicted octanol–water partition coefficient (Wildman–Crippen LogP) is 1.03. The third kappa shape index (κ3) is 3.22. The molecule has 0 spiro atoms. The topological polar surface area (TPSA) is 71.9 Å². The Kier molecular flexibility index (Phi) is 4.74. The van der Waals surface area contributed by atoms with Crippen molar-refractivity contribution in [2.24, 2.45) is 7.05 Å². The average molecular weight is 343 g/mol. The number of aromatic nitrogens is 1. The van der Waals surface area contributed by atoms with Crippen LogP contribution in [0.3, 0.4) is 0 Å². The van der Waals surface area contributed by atoms with Crippen molar-refractivity contribution in [1.29, 1.82) is 0 Å². The van der Waals surface area contributed by atoms with Gasteiger partial charge in [-0.15, -0.1) is 0 Å². The van der Waals surface area contributed by atoms with E-state index in [9.17, 15) is 14.4 Å². The lowest BCUT2D eigenvalue weighted by atomic mass is 10.2. The van der Waals surface area contributed by atoms with Gasteiger partial charge < -0.3 is 19.1 Å². The Morgan fingerprint density at radius 1 is 1.04 bits per heavy atom. The Balaban J connectivity index is 1.68. The number of fused-ring (bicyclic) bond motifs is 1. The highest BCUT2D eigenvalue weighted by Gasteiger charge is 2.29. The summed E-state index contributed by atoms with van der Waals surface area (Å²) < 4.78 is 6.62. The lowest BCUT2D eigenvalue weighted by Gasteiger charge is -2.34. The van der Waals surface area contributed by atoms with Gasteiger partial charge in [0.25, 0.3) is 5.91 Å². The highest BCUT2D eigenvalue weighted by atomic mass is 16.5. The number of rotatable bonds is 2. The Bertz CT molecular complexity index is 819. The number of hydrogen-bond donors (Lipinski definition) is 0. The number of carbonyl (C=O) groups excluding carboxylic acids is 3. The van der Waals surface area contributed by atoms with Crippen LogP contribution in [-0.4, -0.2) is 64.9 Å². The van der Waals surface area contributed by atoms with Crippen molar-refractivity contribution >= 4 is 28.7 Å². The van der Waals surface area contributed by atoms with E-state index < -0.39 is 11.9 Å². The molecule has 2 aromatic rings. The van der Waals surface area contributed by atoms with Crippen LogP contribution in [0.1, 0.15) is 17.4 Å². The zero-order valence-electron chi connectivity index (χ0n) is 14.4. The average Bonchev–Trinajstić information content (AvgIpc) is 2.98. The maximum absolute atomic E-state index is 12.8. The first-order valence-corrected chi connectivity index (χ1v) is 8.32. The Labute approximate surface area is 145 Å². The van der Waals surface area contributed by atoms with Crippen molar-refractivity contribution in [1.82, 2.24) is 14.4 Å². The fourth-order valence-corrected chi connectivity index (χ4v) is 3.09. The van der Waals surface area contributed by atoms with Gasteiger partial charge >= 0.3 is 11.9 Å². The van der Waals surface area contributed by atoms with E-state index >= 15 is 0 Å². The summed E-state index contributed by atoms with van der Waals surface area (Å²) in [5.74, 6) is -1.54. The molecule has 1 saturated heterocycles. The summed E-state index contributed by atoms with van der Waals surface area (Å²) >= 11 is 0. The molecule has 1 aromatic carbocycles. The van der Waals surface area contributed by atoms with Crippen LogP contribution in [0, 0.1) is 0 Å². The third-order valence-corrected chi connectivity index (χ3v) is 4.47. The number of amides is 2. The molecule has 0 atom stereocenters. The van der Waals surface area contributed by atoms with Crippen molar-refractivity contribution in [2.45, 2.75) is 6.92 Å². The minimum absolute atomic E-state index is 0.0677. The molecule has 25 heavy (non-hydrogen) atoms. The van der Waals surface area contributed by atoms with E-state index in [1.807, 2.05) is 41.9 Å². The molecule has 0 bridgehead atoms. The summed E-state index contributed by atoms with van der Waals surface area (Å²) in [6.07, 6.45) is 0. The van der Waals surface area contributed by atoms with Gasteiger partial charge in [0.05, 0.1) is 6.61 Å². The van der Waals surface area contributed by atoms with Crippen LogP contribution in [0.15, 0.2) is 30.3 Å². The number of para-hydroxylation sites is 1. The van der Waals surface area contributed by atoms with Gasteiger partial charge in [0, 0.05) is 44.1 Å². The Hall–Kier alpha value is -2.83. The first kappa shape index (κ1) is 17.0. The van der Waals surface area contributed by atoms with E-state index in [0.29, 0.717) is 31.9 Å². The molecule has 0 radical (unpaired) electrons. The second-order valence-corrected chi connectivity index (χ2v) is 5.95. The normalized spacial score (nSPS) is 14.6. The SMILES string of the molecule is CCOC(=O)C(=O)N1CCN(C(=O)c2cc3ccccc3n2C)CC1. The van der Waals surface area contributed by atoms with Crippen molar-refractivity contribution in [3.8, 4) is 0 Å². The van der Waals surface area contributed by atoms with Crippen LogP contribution < -0.4 is 0 Å². The van der Waals surface area contributed by atoms with E-state index in [0.717, 1.165) is 10.9 Å². The molecule has 0 saturated carbocycles. The maximum Gasteiger partial charge on any atom is 0.397 e. The van der Waals surface area contributed by atoms with Crippen LogP contribution in [0.4, 0.5) is 0 Å². The molecule has 7 nitrogen and oxygen atoms in total. The highest BCUT2D eigenvalue weighted by molar-refractivity contribution is 6.32. The van der Waals surface area contributed by atoms with Crippen LogP contribution in [0.25, 0.3) is 10.9 Å². The number of esters is 1. The number of carbonyl (C=O) groups is 3. The fourth-order valence-electron chi connectivity index (χ4n) is 3.09. The molecular formula is C18H21N3O4. The summed E-state index contributed by atoms with van der Waals surface area (Å²) in [6.45, 7) is 3.27. The fraction of sp³-hybridized carbons (Fsp3) is 0.389. The molecule has 132 valence electrons. The number of ether oxygens (including phenoxy) is 1. The van der Waals surface area contributed by atoms with E-state index in [4.69, 9.17) is 4.74 Å². The molecule has 3 rings (SSSR count). The van der Waals surface area contributed by atoms with Gasteiger partial charge in [0.1, 0.15) is 5.69 Å². The monoisotopic (exact) mass is 343 g/mol. The van der Waals surface area contributed by atoms with Gasteiger partial charge in [-0.25, -0.2) is 4.79 Å². The first-order valence-electron chi connectivity index (χ1n) is 8.32. The molecule has 0 aliphatic carbocycles. The van der Waals surface area contributed by atoms with Crippen LogP contribution in [0.2, 0.25) is 0 Å². The first-order chi connectivity index (χ1) is 12.0. The highest BCUT2D eigenvalue weighted by Crippen LogP contribution is 2.20. The smallest absolute Gasteiger partial charge is 0.397 e. The van der Waals surface area contributed by atoms with Crippen LogP contribution in [-0.2, 0) is 21.4 Å². The lowest BCUT2D eigenvalue weighted by Crippen LogP contribution is -2.52. The quantitative estimate of drug-likeness (QED) is 0.603. The Morgan fingerprint density at radius 3 is 2.32 bits per heavy atom. The van der Waals surface area contributed by atoms with Crippen molar-refractivity contribution in [3.63, 3.8) is 0 Å². The van der Waals surface area contributed by atoms with Gasteiger partial charge in [0.15, 0.2) is 0 Å². The molecule has 1 aliphatic heterocycles. The van der Waals surface area contributed by atoms with E-state index in [2.05, 4.69) is 0 Å². The zero-order chi connectivity index (χ0) is 18.0. The van der Waals surface area contributed by atoms with Gasteiger partial charge in [-0.1, -0.05) is 18.2 Å². The van der Waals surface area contributed by atoms with E-state index in [1.54, 1.807) is 11.8 Å². The molecular weight excluding hydrogens is 322 g/mol. The third-order valence-electron chi connectivity index (χ3n) is 4.47. The molecule has 0 unspecified atom stereocenters. The number of benzene rings is 1. The minimum atomic E-state index is -0.837. The largest absolute Gasteiger partial charge is 0.459 e. The lowest BCUT2D eigenvalue weighted by molar-refractivity contribution is -0.160. The second-order valence-electron chi connectivity index (χ2n) is 5.95.